The van der Waals surface area contributed by atoms with Gasteiger partial charge in [0.1, 0.15) is 10.8 Å². The molecule has 0 aliphatic heterocycles. The first-order valence-corrected chi connectivity index (χ1v) is 6.51. The van der Waals surface area contributed by atoms with Gasteiger partial charge in [0, 0.05) is 0 Å². The van der Waals surface area contributed by atoms with Gasteiger partial charge in [-0.2, -0.15) is 0 Å². The molecule has 1 N–H and O–H groups in total. The molecule has 18 heavy (non-hydrogen) atoms. The number of carbonyl (C=O) groups is 1. The molecule has 0 saturated carbocycles. The maximum Gasteiger partial charge on any atom is 0.360 e. The lowest BCUT2D eigenvalue weighted by Crippen LogP contribution is -2.11. The third-order valence-corrected chi connectivity index (χ3v) is 3.11. The molecule has 2 heterocycles. The number of aromatic nitrogens is 1. The van der Waals surface area contributed by atoms with Crippen molar-refractivity contribution >= 4 is 22.3 Å². The number of ether oxygens (including phenoxy) is 1. The highest BCUT2D eigenvalue weighted by molar-refractivity contribution is 7.14. The van der Waals surface area contributed by atoms with Crippen molar-refractivity contribution in [2.75, 3.05) is 11.9 Å². The SMILES string of the molecule is CCOC(=O)c1ncsc1NC(C)c1ccco1. The molecule has 0 aliphatic rings. The van der Waals surface area contributed by atoms with Crippen molar-refractivity contribution < 1.29 is 13.9 Å². The van der Waals surface area contributed by atoms with Gasteiger partial charge in [-0.3, -0.25) is 0 Å². The zero-order chi connectivity index (χ0) is 13.0. The van der Waals surface area contributed by atoms with Crippen LogP contribution < -0.4 is 5.32 Å². The number of hydrogen-bond acceptors (Lipinski definition) is 6. The average molecular weight is 266 g/mol. The van der Waals surface area contributed by atoms with E-state index in [0.29, 0.717) is 17.3 Å². The molecule has 1 atom stereocenters. The molecule has 0 saturated heterocycles. The van der Waals surface area contributed by atoms with Crippen LogP contribution in [0.4, 0.5) is 5.00 Å². The fourth-order valence-corrected chi connectivity index (χ4v) is 2.25. The molecule has 2 rings (SSSR count). The van der Waals surface area contributed by atoms with Gasteiger partial charge < -0.3 is 14.5 Å². The Morgan fingerprint density at radius 2 is 2.50 bits per heavy atom. The minimum atomic E-state index is -0.409. The molecule has 0 aromatic carbocycles. The Morgan fingerprint density at radius 3 is 3.17 bits per heavy atom. The zero-order valence-corrected chi connectivity index (χ0v) is 11.0. The van der Waals surface area contributed by atoms with Gasteiger partial charge in [-0.15, -0.1) is 11.3 Å². The molecular weight excluding hydrogens is 252 g/mol. The van der Waals surface area contributed by atoms with E-state index in [4.69, 9.17) is 9.15 Å². The predicted molar refractivity (Wildman–Crippen MR) is 68.8 cm³/mol. The number of nitrogens with zero attached hydrogens (tertiary/aromatic N) is 1. The first kappa shape index (κ1) is 12.6. The molecule has 6 heteroatoms. The van der Waals surface area contributed by atoms with Crippen molar-refractivity contribution in [3.8, 4) is 0 Å². The summed E-state index contributed by atoms with van der Waals surface area (Å²) in [6, 6.07) is 3.67. The van der Waals surface area contributed by atoms with Gasteiger partial charge in [0.2, 0.25) is 0 Å². The normalized spacial score (nSPS) is 12.1. The number of hydrogen-bond donors (Lipinski definition) is 1. The van der Waals surface area contributed by atoms with Crippen LogP contribution in [0.5, 0.6) is 0 Å². The lowest BCUT2D eigenvalue weighted by Gasteiger charge is -2.11. The Hall–Kier alpha value is -1.82. The van der Waals surface area contributed by atoms with E-state index in [0.717, 1.165) is 5.76 Å². The van der Waals surface area contributed by atoms with E-state index in [2.05, 4.69) is 10.3 Å². The van der Waals surface area contributed by atoms with Gasteiger partial charge in [-0.1, -0.05) is 0 Å². The van der Waals surface area contributed by atoms with Crippen molar-refractivity contribution in [3.05, 3.63) is 35.4 Å². The molecule has 0 aliphatic carbocycles. The van der Waals surface area contributed by atoms with Crippen LogP contribution in [0, 0.1) is 0 Å². The Morgan fingerprint density at radius 1 is 1.67 bits per heavy atom. The van der Waals surface area contributed by atoms with Gasteiger partial charge >= 0.3 is 5.97 Å². The van der Waals surface area contributed by atoms with E-state index in [1.54, 1.807) is 18.7 Å². The molecule has 2 aromatic rings. The summed E-state index contributed by atoms with van der Waals surface area (Å²) < 4.78 is 10.2. The molecule has 0 fully saturated rings. The Labute approximate surface area is 109 Å². The smallest absolute Gasteiger partial charge is 0.360 e. The molecule has 2 aromatic heterocycles. The second-order valence-electron chi connectivity index (χ2n) is 3.63. The molecule has 0 spiro atoms. The summed E-state index contributed by atoms with van der Waals surface area (Å²) in [5.41, 5.74) is 1.93. The van der Waals surface area contributed by atoms with Crippen molar-refractivity contribution in [1.82, 2.24) is 4.98 Å². The van der Waals surface area contributed by atoms with Gasteiger partial charge in [-0.05, 0) is 26.0 Å². The standard InChI is InChI=1S/C12H14N2O3S/c1-3-16-12(15)10-11(18-7-13-10)14-8(2)9-5-4-6-17-9/h4-8,14H,3H2,1-2H3. The lowest BCUT2D eigenvalue weighted by atomic mass is 10.2. The van der Waals surface area contributed by atoms with Crippen LogP contribution in [-0.2, 0) is 4.74 Å². The fraction of sp³-hybridized carbons (Fsp3) is 0.333. The summed E-state index contributed by atoms with van der Waals surface area (Å²) >= 11 is 1.36. The predicted octanol–water partition coefficient (Wildman–Crippen LogP) is 3.09. The largest absolute Gasteiger partial charge is 0.467 e. The Kier molecular flexibility index (Phi) is 3.99. The van der Waals surface area contributed by atoms with E-state index in [1.165, 1.54) is 11.3 Å². The van der Waals surface area contributed by atoms with E-state index < -0.39 is 5.97 Å². The number of nitrogens with one attached hydrogen (secondary N) is 1. The minimum Gasteiger partial charge on any atom is -0.467 e. The summed E-state index contributed by atoms with van der Waals surface area (Å²) in [7, 11) is 0. The molecule has 5 nitrogen and oxygen atoms in total. The maximum absolute atomic E-state index is 11.7. The average Bonchev–Trinajstić information content (AvgIpc) is 2.99. The fourth-order valence-electron chi connectivity index (χ4n) is 1.50. The van der Waals surface area contributed by atoms with Crippen LogP contribution in [0.3, 0.4) is 0 Å². The van der Waals surface area contributed by atoms with Crippen molar-refractivity contribution in [2.45, 2.75) is 19.9 Å². The topological polar surface area (TPSA) is 64.4 Å². The first-order valence-electron chi connectivity index (χ1n) is 5.63. The summed E-state index contributed by atoms with van der Waals surface area (Å²) in [4.78, 5) is 15.7. The monoisotopic (exact) mass is 266 g/mol. The van der Waals surface area contributed by atoms with Gasteiger partial charge in [0.25, 0.3) is 0 Å². The third kappa shape index (κ3) is 2.70. The lowest BCUT2D eigenvalue weighted by molar-refractivity contribution is 0.0521. The number of carbonyl (C=O) groups excluding carboxylic acids is 1. The van der Waals surface area contributed by atoms with Crippen molar-refractivity contribution in [3.63, 3.8) is 0 Å². The zero-order valence-electron chi connectivity index (χ0n) is 10.2. The summed E-state index contributed by atoms with van der Waals surface area (Å²) in [6.45, 7) is 4.06. The molecule has 96 valence electrons. The van der Waals surface area contributed by atoms with Crippen LogP contribution in [0.2, 0.25) is 0 Å². The molecule has 0 bridgehead atoms. The van der Waals surface area contributed by atoms with Gasteiger partial charge in [0.15, 0.2) is 5.69 Å². The van der Waals surface area contributed by atoms with Crippen LogP contribution in [0.25, 0.3) is 0 Å². The molecule has 0 amide bonds. The van der Waals surface area contributed by atoms with E-state index >= 15 is 0 Å². The van der Waals surface area contributed by atoms with Gasteiger partial charge in [-0.25, -0.2) is 9.78 Å². The number of esters is 1. The van der Waals surface area contributed by atoms with E-state index in [9.17, 15) is 4.79 Å². The van der Waals surface area contributed by atoms with Gasteiger partial charge in [0.05, 0.1) is 24.4 Å². The second-order valence-corrected chi connectivity index (χ2v) is 4.49. The molecule has 0 radical (unpaired) electrons. The number of anilines is 1. The van der Waals surface area contributed by atoms with Crippen LogP contribution in [-0.4, -0.2) is 17.6 Å². The maximum atomic E-state index is 11.7. The highest BCUT2D eigenvalue weighted by atomic mass is 32.1. The molecule has 1 unspecified atom stereocenters. The van der Waals surface area contributed by atoms with Crippen molar-refractivity contribution in [2.24, 2.45) is 0 Å². The van der Waals surface area contributed by atoms with E-state index in [-0.39, 0.29) is 6.04 Å². The number of thiazole rings is 1. The quantitative estimate of drug-likeness (QED) is 0.842. The Balaban J connectivity index is 2.10. The van der Waals surface area contributed by atoms with Crippen molar-refractivity contribution in [1.29, 1.82) is 0 Å². The number of furan rings is 1. The summed E-state index contributed by atoms with van der Waals surface area (Å²) in [5.74, 6) is 0.395. The summed E-state index contributed by atoms with van der Waals surface area (Å²) in [6.07, 6.45) is 1.62. The third-order valence-electron chi connectivity index (χ3n) is 2.35. The highest BCUT2D eigenvalue weighted by Crippen LogP contribution is 2.26. The Bertz CT molecular complexity index is 507. The van der Waals surface area contributed by atoms with Crippen LogP contribution in [0.1, 0.15) is 36.1 Å². The minimum absolute atomic E-state index is 0.0337. The molecular formula is C12H14N2O3S. The number of rotatable bonds is 5. The second kappa shape index (κ2) is 5.68. The van der Waals surface area contributed by atoms with Crippen LogP contribution >= 0.6 is 11.3 Å². The van der Waals surface area contributed by atoms with Crippen LogP contribution in [0.15, 0.2) is 28.3 Å². The first-order chi connectivity index (χ1) is 8.72. The van der Waals surface area contributed by atoms with E-state index in [1.807, 2.05) is 19.1 Å². The summed E-state index contributed by atoms with van der Waals surface area (Å²) in [5, 5.41) is 3.89. The highest BCUT2D eigenvalue weighted by Gasteiger charge is 2.18.